The van der Waals surface area contributed by atoms with E-state index in [4.69, 9.17) is 0 Å². The molecule has 0 spiro atoms. The first kappa shape index (κ1) is 23.3. The summed E-state index contributed by atoms with van der Waals surface area (Å²) in [4.78, 5) is 26.8. The van der Waals surface area contributed by atoms with Crippen LogP contribution < -0.4 is 0 Å². The predicted octanol–water partition coefficient (Wildman–Crippen LogP) is 6.51. The lowest BCUT2D eigenvalue weighted by molar-refractivity contribution is -0.134. The topological polar surface area (TPSA) is 62.5 Å². The van der Waals surface area contributed by atoms with E-state index in [-0.39, 0.29) is 17.7 Å². The summed E-state index contributed by atoms with van der Waals surface area (Å²) in [5.41, 5.74) is 6.74. The molecule has 0 bridgehead atoms. The Balaban J connectivity index is 1.60. The number of carbonyl (C=O) groups excluding carboxylic acids is 1. The lowest BCUT2D eigenvalue weighted by Gasteiger charge is -2.26. The summed E-state index contributed by atoms with van der Waals surface area (Å²) in [7, 11) is 3.72. The first-order valence-electron chi connectivity index (χ1n) is 13.6. The summed E-state index contributed by atoms with van der Waals surface area (Å²) < 4.78 is 2.43. The van der Waals surface area contributed by atoms with Crippen molar-refractivity contribution in [3.8, 4) is 11.3 Å². The molecule has 4 atom stereocenters. The molecule has 3 aliphatic rings. The van der Waals surface area contributed by atoms with Crippen molar-refractivity contribution in [1.82, 2.24) is 9.47 Å². The molecular formula is C31H36N2O3. The second-order valence-electron chi connectivity index (χ2n) is 11.6. The highest BCUT2D eigenvalue weighted by Gasteiger charge is 2.47. The molecule has 1 aliphatic heterocycles. The quantitative estimate of drug-likeness (QED) is 0.461. The summed E-state index contributed by atoms with van der Waals surface area (Å²) in [5, 5.41) is 11.0. The third-order valence-corrected chi connectivity index (χ3v) is 9.38. The number of nitrogens with zero attached hydrogens (tertiary/aromatic N) is 2. The number of hydrogen-bond acceptors (Lipinski definition) is 2. The van der Waals surface area contributed by atoms with Gasteiger partial charge in [-0.3, -0.25) is 4.79 Å². The largest absolute Gasteiger partial charge is 0.478 e. The third kappa shape index (κ3) is 3.50. The van der Waals surface area contributed by atoms with E-state index in [0.717, 1.165) is 18.5 Å². The highest BCUT2D eigenvalue weighted by atomic mass is 16.4. The predicted molar refractivity (Wildman–Crippen MR) is 142 cm³/mol. The van der Waals surface area contributed by atoms with Gasteiger partial charge in [0.15, 0.2) is 0 Å². The van der Waals surface area contributed by atoms with E-state index in [1.54, 1.807) is 11.0 Å². The Morgan fingerprint density at radius 2 is 1.78 bits per heavy atom. The van der Waals surface area contributed by atoms with E-state index >= 15 is 0 Å². The van der Waals surface area contributed by atoms with Crippen molar-refractivity contribution >= 4 is 22.8 Å². The summed E-state index contributed by atoms with van der Waals surface area (Å²) in [6.45, 7) is 3.08. The minimum absolute atomic E-state index is 0.0128. The highest BCUT2D eigenvalue weighted by Crippen LogP contribution is 2.55. The summed E-state index contributed by atoms with van der Waals surface area (Å²) in [5.74, 6) is 0.756. The normalized spacial score (nSPS) is 25.6. The van der Waals surface area contributed by atoms with Crippen molar-refractivity contribution in [3.05, 3.63) is 59.2 Å². The first-order valence-corrected chi connectivity index (χ1v) is 13.6. The molecule has 2 fully saturated rings. The van der Waals surface area contributed by atoms with Gasteiger partial charge in [0.05, 0.1) is 11.3 Å². The van der Waals surface area contributed by atoms with Gasteiger partial charge in [0, 0.05) is 43.0 Å². The van der Waals surface area contributed by atoms with E-state index in [9.17, 15) is 14.7 Å². The lowest BCUT2D eigenvalue weighted by atomic mass is 9.78. The second kappa shape index (κ2) is 8.79. The van der Waals surface area contributed by atoms with E-state index in [2.05, 4.69) is 41.8 Å². The summed E-state index contributed by atoms with van der Waals surface area (Å²) in [6.07, 6.45) is 7.06. The number of rotatable bonds is 3. The maximum absolute atomic E-state index is 13.1. The Hall–Kier alpha value is -3.08. The van der Waals surface area contributed by atoms with Crippen molar-refractivity contribution in [2.24, 2.45) is 17.8 Å². The Bertz CT molecular complexity index is 1350. The van der Waals surface area contributed by atoms with Crippen LogP contribution in [-0.4, -0.2) is 40.5 Å². The van der Waals surface area contributed by atoms with Gasteiger partial charge in [-0.2, -0.15) is 0 Å². The first-order chi connectivity index (χ1) is 17.4. The fourth-order valence-corrected chi connectivity index (χ4v) is 7.78. The molecule has 188 valence electrons. The molecule has 1 amide bonds. The van der Waals surface area contributed by atoms with Crippen molar-refractivity contribution in [1.29, 1.82) is 0 Å². The minimum atomic E-state index is -0.885. The number of hydrogen-bond donors (Lipinski definition) is 1. The zero-order chi connectivity index (χ0) is 25.1. The average Bonchev–Trinajstić information content (AvgIpc) is 3.33. The van der Waals surface area contributed by atoms with Gasteiger partial charge in [-0.15, -0.1) is 0 Å². The van der Waals surface area contributed by atoms with Crippen LogP contribution in [0.1, 0.15) is 78.8 Å². The Morgan fingerprint density at radius 1 is 1.03 bits per heavy atom. The van der Waals surface area contributed by atoms with Gasteiger partial charge in [0.25, 0.3) is 0 Å². The molecule has 0 saturated heterocycles. The van der Waals surface area contributed by atoms with E-state index in [0.29, 0.717) is 23.3 Å². The molecule has 2 saturated carbocycles. The highest BCUT2D eigenvalue weighted by molar-refractivity contribution is 5.98. The third-order valence-electron chi connectivity index (χ3n) is 9.38. The van der Waals surface area contributed by atoms with Gasteiger partial charge in [0.2, 0.25) is 5.91 Å². The Labute approximate surface area is 213 Å². The molecule has 2 aromatic carbocycles. The van der Waals surface area contributed by atoms with E-state index < -0.39 is 5.97 Å². The number of aromatic nitrogens is 1. The Morgan fingerprint density at radius 3 is 2.50 bits per heavy atom. The van der Waals surface area contributed by atoms with Crippen LogP contribution in [0.25, 0.3) is 22.2 Å². The fourth-order valence-electron chi connectivity index (χ4n) is 7.78. The molecule has 1 N–H and O–H groups in total. The standard InChI is InChI=1S/C31H36N2O3/c1-18-25(30(34)32(2)3)15-21-17-33-26-16-20(31(35)36)13-14-24(26)28(19-9-5-4-6-10-19)29(33)23-12-8-7-11-22(23)27(18)21/h7-8,11-14,16,18-19,21,25,27H,4-6,9-10,15,17H2,1-3H3,(H,35,36). The number of carbonyl (C=O) groups is 2. The minimum Gasteiger partial charge on any atom is -0.478 e. The number of fused-ring (bicyclic) bond motifs is 7. The monoisotopic (exact) mass is 484 g/mol. The van der Waals surface area contributed by atoms with Crippen LogP contribution in [0.5, 0.6) is 0 Å². The molecule has 6 rings (SSSR count). The molecule has 2 heterocycles. The van der Waals surface area contributed by atoms with Crippen molar-refractivity contribution < 1.29 is 14.7 Å². The number of carboxylic acid groups (broad SMARTS) is 1. The van der Waals surface area contributed by atoms with Crippen LogP contribution in [-0.2, 0) is 11.3 Å². The number of aromatic carboxylic acids is 1. The van der Waals surface area contributed by atoms with E-state index in [1.807, 2.05) is 20.2 Å². The maximum atomic E-state index is 13.1. The molecule has 2 aliphatic carbocycles. The van der Waals surface area contributed by atoms with Crippen LogP contribution in [0.15, 0.2) is 42.5 Å². The van der Waals surface area contributed by atoms with Crippen LogP contribution in [0, 0.1) is 17.8 Å². The van der Waals surface area contributed by atoms with Gasteiger partial charge in [-0.1, -0.05) is 56.5 Å². The second-order valence-corrected chi connectivity index (χ2v) is 11.6. The SMILES string of the molecule is CC1C(C(=O)N(C)C)CC2Cn3c(c(C4CCCCC4)c4ccc(C(=O)O)cc43)-c3ccccc3C21. The number of carboxylic acids is 1. The number of amides is 1. The molecule has 5 heteroatoms. The van der Waals surface area contributed by atoms with Gasteiger partial charge in [-0.25, -0.2) is 4.79 Å². The van der Waals surface area contributed by atoms with Crippen molar-refractivity contribution in [2.45, 2.75) is 63.8 Å². The molecule has 1 aromatic heterocycles. The molecule has 5 nitrogen and oxygen atoms in total. The van der Waals surface area contributed by atoms with Crippen LogP contribution in [0.3, 0.4) is 0 Å². The Kier molecular flexibility index (Phi) is 5.70. The van der Waals surface area contributed by atoms with Crippen molar-refractivity contribution in [2.75, 3.05) is 14.1 Å². The zero-order valence-electron chi connectivity index (χ0n) is 21.5. The van der Waals surface area contributed by atoms with Crippen LogP contribution in [0.4, 0.5) is 0 Å². The van der Waals surface area contributed by atoms with Crippen LogP contribution in [0.2, 0.25) is 0 Å². The van der Waals surface area contributed by atoms with Gasteiger partial charge < -0.3 is 14.6 Å². The summed E-state index contributed by atoms with van der Waals surface area (Å²) in [6, 6.07) is 14.5. The molecule has 4 unspecified atom stereocenters. The van der Waals surface area contributed by atoms with E-state index in [1.165, 1.54) is 59.9 Å². The average molecular weight is 485 g/mol. The van der Waals surface area contributed by atoms with Gasteiger partial charge in [-0.05, 0) is 66.2 Å². The molecule has 0 radical (unpaired) electrons. The molecular weight excluding hydrogens is 448 g/mol. The maximum Gasteiger partial charge on any atom is 0.335 e. The molecule has 36 heavy (non-hydrogen) atoms. The van der Waals surface area contributed by atoms with Crippen molar-refractivity contribution in [3.63, 3.8) is 0 Å². The van der Waals surface area contributed by atoms with Gasteiger partial charge >= 0.3 is 5.97 Å². The fraction of sp³-hybridized carbons (Fsp3) is 0.484. The zero-order valence-corrected chi connectivity index (χ0v) is 21.5. The summed E-state index contributed by atoms with van der Waals surface area (Å²) >= 11 is 0. The lowest BCUT2D eigenvalue weighted by Crippen LogP contribution is -2.31. The number of benzene rings is 2. The van der Waals surface area contributed by atoms with Gasteiger partial charge in [0.1, 0.15) is 0 Å². The smallest absolute Gasteiger partial charge is 0.335 e. The van der Waals surface area contributed by atoms with Crippen LogP contribution >= 0.6 is 0 Å². The molecule has 3 aromatic rings.